The number of allylic oxidation sites excluding steroid dienone is 3. The van der Waals surface area contributed by atoms with Crippen molar-refractivity contribution in [1.29, 1.82) is 5.41 Å². The van der Waals surface area contributed by atoms with Crippen LogP contribution in [-0.4, -0.2) is 22.9 Å². The second kappa shape index (κ2) is 3.91. The SMILES string of the molecule is C=C/C=C(\C=C)N1C(=N)C(C)OC1=O. The summed E-state index contributed by atoms with van der Waals surface area (Å²) in [5.74, 6) is 0.114. The van der Waals surface area contributed by atoms with Gasteiger partial charge >= 0.3 is 6.09 Å². The highest BCUT2D eigenvalue weighted by atomic mass is 16.6. The molecule has 0 aromatic heterocycles. The molecule has 0 saturated carbocycles. The highest BCUT2D eigenvalue weighted by Gasteiger charge is 2.35. The van der Waals surface area contributed by atoms with E-state index in [4.69, 9.17) is 10.1 Å². The summed E-state index contributed by atoms with van der Waals surface area (Å²) in [5.41, 5.74) is 0.499. The average Bonchev–Trinajstić information content (AvgIpc) is 2.39. The summed E-state index contributed by atoms with van der Waals surface area (Å²) in [7, 11) is 0. The molecule has 4 nitrogen and oxygen atoms in total. The number of amidine groups is 1. The predicted octanol–water partition coefficient (Wildman–Crippen LogP) is 2.06. The molecule has 0 aliphatic carbocycles. The van der Waals surface area contributed by atoms with Gasteiger partial charge in [-0.1, -0.05) is 19.2 Å². The molecule has 0 bridgehead atoms. The Bertz CT molecular complexity index is 331. The van der Waals surface area contributed by atoms with Crippen LogP contribution in [0.1, 0.15) is 6.92 Å². The molecular weight excluding hydrogens is 180 g/mol. The standard InChI is InChI=1S/C10H12N2O2/c1-4-6-8(5-2)12-9(11)7(3)14-10(12)13/h4-7,11H,1-2H2,3H3/b8-6+,11-9?. The van der Waals surface area contributed by atoms with Gasteiger partial charge in [-0.15, -0.1) is 0 Å². The van der Waals surface area contributed by atoms with Gasteiger partial charge in [-0.2, -0.15) is 0 Å². The fourth-order valence-electron chi connectivity index (χ4n) is 1.14. The average molecular weight is 192 g/mol. The molecule has 1 heterocycles. The number of carbonyl (C=O) groups is 1. The molecule has 0 aromatic rings. The van der Waals surface area contributed by atoms with Gasteiger partial charge in [0.05, 0.1) is 5.70 Å². The van der Waals surface area contributed by atoms with Crippen molar-refractivity contribution >= 4 is 11.9 Å². The highest BCUT2D eigenvalue weighted by Crippen LogP contribution is 2.19. The van der Waals surface area contributed by atoms with E-state index in [0.29, 0.717) is 5.70 Å². The van der Waals surface area contributed by atoms with E-state index in [-0.39, 0.29) is 5.84 Å². The smallest absolute Gasteiger partial charge is 0.420 e. The van der Waals surface area contributed by atoms with Gasteiger partial charge < -0.3 is 4.74 Å². The first-order valence-corrected chi connectivity index (χ1v) is 4.16. The van der Waals surface area contributed by atoms with Crippen LogP contribution in [0.4, 0.5) is 4.79 Å². The summed E-state index contributed by atoms with van der Waals surface area (Å²) < 4.78 is 4.85. The first kappa shape index (κ1) is 10.2. The van der Waals surface area contributed by atoms with E-state index in [1.54, 1.807) is 13.0 Å². The third-order valence-corrected chi connectivity index (χ3v) is 1.84. The van der Waals surface area contributed by atoms with Gasteiger partial charge in [-0.25, -0.2) is 9.69 Å². The molecule has 1 N–H and O–H groups in total. The lowest BCUT2D eigenvalue weighted by Gasteiger charge is -2.13. The molecule has 0 radical (unpaired) electrons. The van der Waals surface area contributed by atoms with Crippen LogP contribution in [0.2, 0.25) is 0 Å². The van der Waals surface area contributed by atoms with E-state index in [9.17, 15) is 4.79 Å². The quantitative estimate of drug-likeness (QED) is 0.696. The third-order valence-electron chi connectivity index (χ3n) is 1.84. The van der Waals surface area contributed by atoms with Crippen molar-refractivity contribution in [2.45, 2.75) is 13.0 Å². The molecular formula is C10H12N2O2. The monoisotopic (exact) mass is 192 g/mol. The second-order valence-electron chi connectivity index (χ2n) is 2.78. The summed E-state index contributed by atoms with van der Waals surface area (Å²) in [4.78, 5) is 12.5. The molecule has 1 unspecified atom stereocenters. The summed E-state index contributed by atoms with van der Waals surface area (Å²) in [6, 6.07) is 0. The molecule has 74 valence electrons. The lowest BCUT2D eigenvalue weighted by Crippen LogP contribution is -2.28. The molecule has 0 spiro atoms. The lowest BCUT2D eigenvalue weighted by molar-refractivity contribution is 0.144. The highest BCUT2D eigenvalue weighted by molar-refractivity contribution is 6.03. The Balaban J connectivity index is 3.02. The van der Waals surface area contributed by atoms with Gasteiger partial charge in [0.25, 0.3) is 0 Å². The minimum atomic E-state index is -0.546. The number of hydrogen-bond acceptors (Lipinski definition) is 3. The Morgan fingerprint density at radius 2 is 2.29 bits per heavy atom. The Morgan fingerprint density at radius 1 is 1.64 bits per heavy atom. The molecule has 1 rings (SSSR count). The fourth-order valence-corrected chi connectivity index (χ4v) is 1.14. The van der Waals surface area contributed by atoms with Gasteiger partial charge in [-0.05, 0) is 19.1 Å². The normalized spacial score (nSPS) is 22.2. The van der Waals surface area contributed by atoms with Crippen molar-refractivity contribution in [2.75, 3.05) is 0 Å². The third kappa shape index (κ3) is 1.59. The van der Waals surface area contributed by atoms with Gasteiger partial charge in [0, 0.05) is 0 Å². The molecule has 4 heteroatoms. The van der Waals surface area contributed by atoms with Crippen LogP contribution in [0.25, 0.3) is 0 Å². The molecule has 14 heavy (non-hydrogen) atoms. The number of amides is 1. The fraction of sp³-hybridized carbons (Fsp3) is 0.200. The van der Waals surface area contributed by atoms with E-state index in [0.717, 1.165) is 0 Å². The van der Waals surface area contributed by atoms with Crippen molar-refractivity contribution in [3.05, 3.63) is 37.1 Å². The number of nitrogens with zero attached hydrogens (tertiary/aromatic N) is 1. The van der Waals surface area contributed by atoms with Crippen molar-refractivity contribution in [2.24, 2.45) is 0 Å². The van der Waals surface area contributed by atoms with E-state index < -0.39 is 12.2 Å². The summed E-state index contributed by atoms with van der Waals surface area (Å²) in [5, 5.41) is 7.61. The van der Waals surface area contributed by atoms with Crippen LogP contribution in [0, 0.1) is 5.41 Å². The molecule has 1 aliphatic rings. The zero-order chi connectivity index (χ0) is 10.7. The van der Waals surface area contributed by atoms with E-state index in [2.05, 4.69) is 13.2 Å². The molecule has 1 amide bonds. The van der Waals surface area contributed by atoms with E-state index in [1.165, 1.54) is 17.1 Å². The number of hydrogen-bond donors (Lipinski definition) is 1. The second-order valence-corrected chi connectivity index (χ2v) is 2.78. The summed E-state index contributed by atoms with van der Waals surface area (Å²) >= 11 is 0. The minimum absolute atomic E-state index is 0.114. The minimum Gasteiger partial charge on any atom is -0.438 e. The van der Waals surface area contributed by atoms with Crippen molar-refractivity contribution in [3.63, 3.8) is 0 Å². The van der Waals surface area contributed by atoms with Crippen LogP contribution < -0.4 is 0 Å². The molecule has 1 saturated heterocycles. The first-order valence-electron chi connectivity index (χ1n) is 4.16. The maximum atomic E-state index is 11.3. The Hall–Kier alpha value is -1.84. The Kier molecular flexibility index (Phi) is 2.86. The maximum Gasteiger partial charge on any atom is 0.420 e. The molecule has 1 fully saturated rings. The summed E-state index contributed by atoms with van der Waals surface area (Å²) in [6.45, 7) is 8.72. The Labute approximate surface area is 82.7 Å². The molecule has 0 aromatic carbocycles. The van der Waals surface area contributed by atoms with Crippen molar-refractivity contribution < 1.29 is 9.53 Å². The van der Waals surface area contributed by atoms with Crippen LogP contribution in [0.5, 0.6) is 0 Å². The van der Waals surface area contributed by atoms with Crippen LogP contribution in [-0.2, 0) is 4.74 Å². The zero-order valence-electron chi connectivity index (χ0n) is 7.99. The van der Waals surface area contributed by atoms with Crippen LogP contribution >= 0.6 is 0 Å². The van der Waals surface area contributed by atoms with Gasteiger partial charge in [0.1, 0.15) is 0 Å². The van der Waals surface area contributed by atoms with Crippen LogP contribution in [0.3, 0.4) is 0 Å². The van der Waals surface area contributed by atoms with E-state index >= 15 is 0 Å². The number of rotatable bonds is 3. The van der Waals surface area contributed by atoms with Crippen molar-refractivity contribution in [3.8, 4) is 0 Å². The zero-order valence-corrected chi connectivity index (χ0v) is 7.99. The lowest BCUT2D eigenvalue weighted by atomic mass is 10.3. The Morgan fingerprint density at radius 3 is 2.64 bits per heavy atom. The van der Waals surface area contributed by atoms with E-state index in [1.807, 2.05) is 0 Å². The topological polar surface area (TPSA) is 53.4 Å². The summed E-state index contributed by atoms with van der Waals surface area (Å²) in [6.07, 6.45) is 3.56. The number of nitrogens with one attached hydrogen (secondary N) is 1. The number of ether oxygens (including phenoxy) is 1. The number of carbonyl (C=O) groups excluding carboxylic acids is 1. The predicted molar refractivity (Wildman–Crippen MR) is 54.0 cm³/mol. The molecule has 1 aliphatic heterocycles. The maximum absolute atomic E-state index is 11.3. The number of cyclic esters (lactones) is 1. The van der Waals surface area contributed by atoms with Crippen LogP contribution in [0.15, 0.2) is 37.1 Å². The largest absolute Gasteiger partial charge is 0.438 e. The van der Waals surface area contributed by atoms with Crippen molar-refractivity contribution in [1.82, 2.24) is 4.90 Å². The van der Waals surface area contributed by atoms with Gasteiger partial charge in [0.15, 0.2) is 11.9 Å². The van der Waals surface area contributed by atoms with Gasteiger partial charge in [-0.3, -0.25) is 5.41 Å². The molecule has 1 atom stereocenters. The first-order chi connectivity index (χ1) is 6.61. The van der Waals surface area contributed by atoms with Gasteiger partial charge in [0.2, 0.25) is 0 Å².